The van der Waals surface area contributed by atoms with Gasteiger partial charge in [-0.05, 0) is 37.4 Å². The Bertz CT molecular complexity index is 780. The molecule has 1 aliphatic heterocycles. The van der Waals surface area contributed by atoms with Crippen LogP contribution in [0.2, 0.25) is 5.02 Å². The first-order valence-electron chi connectivity index (χ1n) is 7.76. The fourth-order valence-electron chi connectivity index (χ4n) is 2.64. The highest BCUT2D eigenvalue weighted by molar-refractivity contribution is 6.30. The number of nitrogens with zero attached hydrogens (tertiary/aromatic N) is 2. The van der Waals surface area contributed by atoms with E-state index >= 15 is 0 Å². The monoisotopic (exact) mass is 346 g/mol. The number of H-pyrrole nitrogens is 1. The summed E-state index contributed by atoms with van der Waals surface area (Å²) in [5.74, 6) is -0.480. The molecule has 2 aromatic rings. The van der Waals surface area contributed by atoms with E-state index in [0.29, 0.717) is 10.7 Å². The van der Waals surface area contributed by atoms with Crippen molar-refractivity contribution in [2.45, 2.75) is 0 Å². The zero-order valence-electron chi connectivity index (χ0n) is 13.4. The van der Waals surface area contributed by atoms with Gasteiger partial charge in [-0.15, -0.1) is 0 Å². The van der Waals surface area contributed by atoms with Crippen molar-refractivity contribution < 1.29 is 4.79 Å². The zero-order chi connectivity index (χ0) is 17.1. The molecule has 1 amide bonds. The molecule has 1 fully saturated rings. The average Bonchev–Trinajstić information content (AvgIpc) is 2.58. The molecule has 24 heavy (non-hydrogen) atoms. The third kappa shape index (κ3) is 3.77. The van der Waals surface area contributed by atoms with E-state index in [-0.39, 0.29) is 5.56 Å². The van der Waals surface area contributed by atoms with Crippen molar-refractivity contribution >= 4 is 28.9 Å². The Morgan fingerprint density at radius 3 is 2.50 bits per heavy atom. The second-order valence-corrected chi connectivity index (χ2v) is 6.29. The molecule has 0 atom stereocenters. The lowest BCUT2D eigenvalue weighted by atomic mass is 10.2. The third-order valence-electron chi connectivity index (χ3n) is 4.11. The molecule has 0 spiro atoms. The number of hydrogen-bond acceptors (Lipinski definition) is 4. The Labute approximate surface area is 145 Å². The summed E-state index contributed by atoms with van der Waals surface area (Å²) < 4.78 is 0. The van der Waals surface area contributed by atoms with Gasteiger partial charge in [0.15, 0.2) is 0 Å². The SMILES string of the molecule is CN1CCN(c2ccc(NC(=O)c3cc(Cl)c[nH]c3=O)cc2)CC1. The zero-order valence-corrected chi connectivity index (χ0v) is 14.1. The molecular formula is C17H19ClN4O2. The number of nitrogens with one attached hydrogen (secondary N) is 2. The number of rotatable bonds is 3. The maximum atomic E-state index is 12.2. The standard InChI is InChI=1S/C17H19ClN4O2/c1-21-6-8-22(9-7-21)14-4-2-13(3-5-14)20-17(24)15-10-12(18)11-19-16(15)23/h2-5,10-11H,6-9H2,1H3,(H,19,23)(H,20,24). The number of aromatic amines is 1. The Morgan fingerprint density at radius 2 is 1.83 bits per heavy atom. The highest BCUT2D eigenvalue weighted by Gasteiger charge is 2.15. The van der Waals surface area contributed by atoms with Crippen LogP contribution in [-0.4, -0.2) is 49.0 Å². The summed E-state index contributed by atoms with van der Waals surface area (Å²) in [7, 11) is 2.12. The number of amides is 1. The molecule has 0 unspecified atom stereocenters. The van der Waals surface area contributed by atoms with Gasteiger partial charge in [0, 0.05) is 43.8 Å². The number of benzene rings is 1. The van der Waals surface area contributed by atoms with E-state index in [1.165, 1.54) is 12.3 Å². The fraction of sp³-hybridized carbons (Fsp3) is 0.294. The lowest BCUT2D eigenvalue weighted by molar-refractivity contribution is 0.102. The van der Waals surface area contributed by atoms with Crippen LogP contribution < -0.4 is 15.8 Å². The summed E-state index contributed by atoms with van der Waals surface area (Å²) >= 11 is 5.82. The number of halogens is 1. The molecule has 1 saturated heterocycles. The highest BCUT2D eigenvalue weighted by atomic mass is 35.5. The number of aromatic nitrogens is 1. The van der Waals surface area contributed by atoms with Crippen LogP contribution in [0.3, 0.4) is 0 Å². The lowest BCUT2D eigenvalue weighted by Gasteiger charge is -2.34. The summed E-state index contributed by atoms with van der Waals surface area (Å²) in [5, 5.41) is 3.03. The molecule has 7 heteroatoms. The first-order chi connectivity index (χ1) is 11.5. The summed E-state index contributed by atoms with van der Waals surface area (Å²) in [6.45, 7) is 4.05. The minimum Gasteiger partial charge on any atom is -0.369 e. The topological polar surface area (TPSA) is 68.4 Å². The number of carbonyl (C=O) groups excluding carboxylic acids is 1. The second-order valence-electron chi connectivity index (χ2n) is 5.85. The Hall–Kier alpha value is -2.31. The molecule has 0 bridgehead atoms. The first kappa shape index (κ1) is 16.5. The number of piperazine rings is 1. The van der Waals surface area contributed by atoms with Gasteiger partial charge in [0.25, 0.3) is 11.5 Å². The number of carbonyl (C=O) groups is 1. The Balaban J connectivity index is 1.69. The van der Waals surface area contributed by atoms with Gasteiger partial charge < -0.3 is 20.1 Å². The van der Waals surface area contributed by atoms with Crippen molar-refractivity contribution in [3.05, 3.63) is 57.5 Å². The van der Waals surface area contributed by atoms with E-state index in [1.54, 1.807) is 0 Å². The van der Waals surface area contributed by atoms with E-state index in [1.807, 2.05) is 24.3 Å². The van der Waals surface area contributed by atoms with Crippen molar-refractivity contribution in [2.75, 3.05) is 43.4 Å². The molecule has 3 rings (SSSR count). The van der Waals surface area contributed by atoms with Crippen LogP contribution in [0.5, 0.6) is 0 Å². The largest absolute Gasteiger partial charge is 0.369 e. The predicted molar refractivity (Wildman–Crippen MR) is 96.2 cm³/mol. The maximum Gasteiger partial charge on any atom is 0.261 e. The lowest BCUT2D eigenvalue weighted by Crippen LogP contribution is -2.44. The molecule has 2 heterocycles. The summed E-state index contributed by atoms with van der Waals surface area (Å²) in [4.78, 5) is 31.0. The molecule has 1 aliphatic rings. The quantitative estimate of drug-likeness (QED) is 0.892. The summed E-state index contributed by atoms with van der Waals surface area (Å²) in [6.07, 6.45) is 1.35. The van der Waals surface area contributed by atoms with E-state index in [0.717, 1.165) is 31.9 Å². The van der Waals surface area contributed by atoms with Gasteiger partial charge in [0.05, 0.1) is 5.02 Å². The number of likely N-dealkylation sites (N-methyl/N-ethyl adjacent to an activating group) is 1. The molecule has 1 aromatic carbocycles. The van der Waals surface area contributed by atoms with Crippen LogP contribution in [0.1, 0.15) is 10.4 Å². The van der Waals surface area contributed by atoms with Crippen LogP contribution in [0.15, 0.2) is 41.3 Å². The molecule has 0 aliphatic carbocycles. The predicted octanol–water partition coefficient (Wildman–Crippen LogP) is 2.03. The first-order valence-corrected chi connectivity index (χ1v) is 8.14. The molecular weight excluding hydrogens is 328 g/mol. The normalized spacial score (nSPS) is 15.3. The second kappa shape index (κ2) is 7.07. The smallest absolute Gasteiger partial charge is 0.261 e. The molecule has 2 N–H and O–H groups in total. The molecule has 1 aromatic heterocycles. The van der Waals surface area contributed by atoms with Gasteiger partial charge in [-0.2, -0.15) is 0 Å². The Kier molecular flexibility index (Phi) is 4.87. The van der Waals surface area contributed by atoms with Crippen LogP contribution in [0.25, 0.3) is 0 Å². The van der Waals surface area contributed by atoms with Crippen LogP contribution in [0.4, 0.5) is 11.4 Å². The van der Waals surface area contributed by atoms with Crippen molar-refractivity contribution in [2.24, 2.45) is 0 Å². The van der Waals surface area contributed by atoms with Crippen molar-refractivity contribution in [1.82, 2.24) is 9.88 Å². The van der Waals surface area contributed by atoms with Crippen LogP contribution in [-0.2, 0) is 0 Å². The maximum absolute atomic E-state index is 12.2. The van der Waals surface area contributed by atoms with Gasteiger partial charge in [0.2, 0.25) is 0 Å². The van der Waals surface area contributed by atoms with Crippen LogP contribution >= 0.6 is 11.6 Å². The van der Waals surface area contributed by atoms with Gasteiger partial charge in [-0.3, -0.25) is 9.59 Å². The molecule has 0 saturated carbocycles. The average molecular weight is 347 g/mol. The van der Waals surface area contributed by atoms with E-state index < -0.39 is 11.5 Å². The number of anilines is 2. The van der Waals surface area contributed by atoms with Crippen molar-refractivity contribution in [1.29, 1.82) is 0 Å². The van der Waals surface area contributed by atoms with Crippen molar-refractivity contribution in [3.8, 4) is 0 Å². The number of pyridine rings is 1. The van der Waals surface area contributed by atoms with Gasteiger partial charge in [0.1, 0.15) is 5.56 Å². The van der Waals surface area contributed by atoms with Crippen molar-refractivity contribution in [3.63, 3.8) is 0 Å². The van der Waals surface area contributed by atoms with Gasteiger partial charge >= 0.3 is 0 Å². The van der Waals surface area contributed by atoms with E-state index in [2.05, 4.69) is 27.1 Å². The van der Waals surface area contributed by atoms with Gasteiger partial charge in [-0.25, -0.2) is 0 Å². The fourth-order valence-corrected chi connectivity index (χ4v) is 2.81. The summed E-state index contributed by atoms with van der Waals surface area (Å²) in [5.41, 5.74) is 1.29. The minimum atomic E-state index is -0.480. The molecule has 126 valence electrons. The Morgan fingerprint density at radius 1 is 1.17 bits per heavy atom. The highest BCUT2D eigenvalue weighted by Crippen LogP contribution is 2.19. The third-order valence-corrected chi connectivity index (χ3v) is 4.32. The molecule has 0 radical (unpaired) electrons. The van der Waals surface area contributed by atoms with Gasteiger partial charge in [-0.1, -0.05) is 11.6 Å². The van der Waals surface area contributed by atoms with Crippen LogP contribution in [0, 0.1) is 0 Å². The summed E-state index contributed by atoms with van der Waals surface area (Å²) in [6, 6.07) is 8.98. The molecule has 6 nitrogen and oxygen atoms in total. The van der Waals surface area contributed by atoms with E-state index in [4.69, 9.17) is 11.6 Å². The number of hydrogen-bond donors (Lipinski definition) is 2. The minimum absolute atomic E-state index is 0.00866. The van der Waals surface area contributed by atoms with E-state index in [9.17, 15) is 9.59 Å².